The molecule has 3 aromatic rings. The number of phenolic OH excluding ortho intramolecular Hbond substituents is 2. The summed E-state index contributed by atoms with van der Waals surface area (Å²) in [5.41, 5.74) is 6.55. The van der Waals surface area contributed by atoms with Gasteiger partial charge in [0.25, 0.3) is 0 Å². The van der Waals surface area contributed by atoms with Crippen molar-refractivity contribution in [2.45, 2.75) is 138 Å². The third kappa shape index (κ3) is 15.3. The molecule has 0 aliphatic carbocycles. The number of carbonyl (C=O) groups excluding carboxylic acids is 2. The Labute approximate surface area is 304 Å². The van der Waals surface area contributed by atoms with Crippen LogP contribution in [0.1, 0.15) is 136 Å². The molecule has 2 aromatic carbocycles. The van der Waals surface area contributed by atoms with Crippen LogP contribution in [0.25, 0.3) is 0 Å². The number of hydrogen-bond donors (Lipinski definition) is 2. The van der Waals surface area contributed by atoms with E-state index in [-0.39, 0.29) is 38.2 Å². The molecule has 3 rings (SSSR count). The summed E-state index contributed by atoms with van der Waals surface area (Å²) in [4.78, 5) is 24.7. The van der Waals surface area contributed by atoms with Crippen LogP contribution in [-0.4, -0.2) is 32.0 Å². The molecule has 0 aliphatic heterocycles. The van der Waals surface area contributed by atoms with Crippen LogP contribution in [0.15, 0.2) is 48.7 Å². The molecule has 0 bridgehead atoms. The topological polar surface area (TPSA) is 137 Å². The fourth-order valence-electron chi connectivity index (χ4n) is 5.01. The van der Waals surface area contributed by atoms with Gasteiger partial charge in [-0.3, -0.25) is 9.88 Å². The summed E-state index contributed by atoms with van der Waals surface area (Å²) in [5, 5.41) is 40.9. The molecule has 0 atom stereocenters. The van der Waals surface area contributed by atoms with Gasteiger partial charge in [-0.05, 0) is 69.9 Å². The average Bonchev–Trinajstić information content (AvgIpc) is 2.88. The Morgan fingerprint density at radius 2 is 0.980 bits per heavy atom. The minimum atomic E-state index is -1.08. The van der Waals surface area contributed by atoms with Crippen LogP contribution in [-0.2, 0) is 67.4 Å². The second-order valence-electron chi connectivity index (χ2n) is 16.5. The van der Waals surface area contributed by atoms with Crippen LogP contribution in [0.3, 0.4) is 0 Å². The number of carbonyl (C=O) groups is 2. The zero-order valence-corrected chi connectivity index (χ0v) is 33.0. The predicted octanol–water partition coefficient (Wildman–Crippen LogP) is 6.40. The zero-order chi connectivity index (χ0) is 37.4. The average molecular weight is 722 g/mol. The van der Waals surface area contributed by atoms with E-state index in [9.17, 15) is 10.2 Å². The Morgan fingerprint density at radius 1 is 0.633 bits per heavy atom. The van der Waals surface area contributed by atoms with Gasteiger partial charge in [0.05, 0.1) is 5.69 Å². The number of nitrogens with zero attached hydrogens (tertiary/aromatic N) is 2. The minimum Gasteiger partial charge on any atom is -0.550 e. The summed E-state index contributed by atoms with van der Waals surface area (Å²) in [6.07, 6.45) is 1.82. The molecule has 0 unspecified atom stereocenters. The van der Waals surface area contributed by atoms with E-state index in [0.717, 1.165) is 41.8 Å². The molecular weight excluding hydrogens is 663 g/mol. The van der Waals surface area contributed by atoms with E-state index in [0.29, 0.717) is 31.1 Å². The summed E-state index contributed by atoms with van der Waals surface area (Å²) >= 11 is 0. The van der Waals surface area contributed by atoms with Gasteiger partial charge in [0.15, 0.2) is 0 Å². The van der Waals surface area contributed by atoms with E-state index >= 15 is 0 Å². The van der Waals surface area contributed by atoms with Crippen molar-refractivity contribution < 1.29 is 46.5 Å². The van der Waals surface area contributed by atoms with Gasteiger partial charge in [-0.25, -0.2) is 0 Å². The van der Waals surface area contributed by atoms with Gasteiger partial charge >= 0.3 is 16.5 Å². The van der Waals surface area contributed by atoms with E-state index in [1.807, 2.05) is 24.4 Å². The van der Waals surface area contributed by atoms with Gasteiger partial charge in [-0.15, -0.1) is 0 Å². The molecule has 0 aliphatic rings. The van der Waals surface area contributed by atoms with E-state index in [2.05, 4.69) is 117 Å². The molecular formula is C40H58N2NiO6. The summed E-state index contributed by atoms with van der Waals surface area (Å²) in [5.74, 6) is -1.45. The molecule has 0 fully saturated rings. The number of aromatic nitrogens is 1. The largest absolute Gasteiger partial charge is 2.00 e. The molecule has 2 N–H and O–H groups in total. The summed E-state index contributed by atoms with van der Waals surface area (Å²) in [6.45, 7) is 29.8. The molecule has 0 radical (unpaired) electrons. The molecule has 1 heterocycles. The normalized spacial score (nSPS) is 11.8. The van der Waals surface area contributed by atoms with Crippen molar-refractivity contribution in [2.75, 3.05) is 0 Å². The smallest absolute Gasteiger partial charge is 0.550 e. The quantitative estimate of drug-likeness (QED) is 0.280. The minimum absolute atomic E-state index is 0. The number of aliphatic carboxylic acids is 2. The van der Waals surface area contributed by atoms with E-state index in [1.165, 1.54) is 11.1 Å². The standard InChI is InChI=1S/C36H52N2O2.2C2H4O2.Ni/c1-33(2,3)26-17-24(31(39)29(19-26)35(7,8)9)21-38(23-28-15-13-14-16-37-28)22-25-18-27(34(4,5)6)20-30(32(25)40)36(10,11)12;2*1-2(3)4;/h13-20,39-40H,21-23H2,1-12H3;2*1H3,(H,3,4);/q;;;+2/p-2. The van der Waals surface area contributed by atoms with Crippen molar-refractivity contribution in [3.63, 3.8) is 0 Å². The SMILES string of the molecule is CC(=O)[O-].CC(=O)[O-].CC(C)(C)c1cc(CN(Cc2ccccn2)Cc2cc(C(C)(C)C)cc(C(C)(C)C)c2O)c(O)c(C(C)(C)C)c1.[Ni+2]. The van der Waals surface area contributed by atoms with Crippen LogP contribution in [0.2, 0.25) is 0 Å². The Balaban J connectivity index is 0.00000230. The first-order chi connectivity index (χ1) is 21.6. The maximum absolute atomic E-state index is 11.6. The Bertz CT molecular complexity index is 1420. The van der Waals surface area contributed by atoms with E-state index < -0.39 is 11.9 Å². The maximum atomic E-state index is 11.6. The van der Waals surface area contributed by atoms with Crippen molar-refractivity contribution in [1.82, 2.24) is 9.88 Å². The summed E-state index contributed by atoms with van der Waals surface area (Å²) in [7, 11) is 0. The Hall–Kier alpha value is -3.42. The van der Waals surface area contributed by atoms with Crippen molar-refractivity contribution in [3.05, 3.63) is 87.7 Å². The number of hydrogen-bond acceptors (Lipinski definition) is 8. The van der Waals surface area contributed by atoms with Crippen molar-refractivity contribution in [3.8, 4) is 11.5 Å². The Morgan fingerprint density at radius 3 is 1.24 bits per heavy atom. The van der Waals surface area contributed by atoms with Crippen LogP contribution in [0.5, 0.6) is 11.5 Å². The molecule has 1 aromatic heterocycles. The van der Waals surface area contributed by atoms with Crippen molar-refractivity contribution in [1.29, 1.82) is 0 Å². The fourth-order valence-corrected chi connectivity index (χ4v) is 5.01. The number of carboxylic acids is 2. The number of aromatic hydroxyl groups is 2. The summed E-state index contributed by atoms with van der Waals surface area (Å²) < 4.78 is 0. The van der Waals surface area contributed by atoms with Gasteiger partial charge in [0.2, 0.25) is 0 Å². The summed E-state index contributed by atoms with van der Waals surface area (Å²) in [6, 6.07) is 14.6. The van der Waals surface area contributed by atoms with E-state index in [4.69, 9.17) is 19.8 Å². The van der Waals surface area contributed by atoms with Crippen LogP contribution in [0.4, 0.5) is 0 Å². The predicted molar refractivity (Wildman–Crippen MR) is 190 cm³/mol. The van der Waals surface area contributed by atoms with Crippen molar-refractivity contribution >= 4 is 11.9 Å². The molecule has 0 saturated carbocycles. The third-order valence-corrected chi connectivity index (χ3v) is 7.63. The first-order valence-corrected chi connectivity index (χ1v) is 16.4. The second kappa shape index (κ2) is 18.0. The molecule has 0 spiro atoms. The molecule has 0 amide bonds. The van der Waals surface area contributed by atoms with Crippen LogP contribution >= 0.6 is 0 Å². The first-order valence-electron chi connectivity index (χ1n) is 16.4. The number of benzene rings is 2. The number of pyridine rings is 1. The molecule has 274 valence electrons. The monoisotopic (exact) mass is 720 g/mol. The zero-order valence-electron chi connectivity index (χ0n) is 32.0. The number of rotatable bonds is 6. The second-order valence-corrected chi connectivity index (χ2v) is 16.5. The van der Waals surface area contributed by atoms with Crippen LogP contribution < -0.4 is 10.2 Å². The number of phenols is 2. The van der Waals surface area contributed by atoms with E-state index in [1.54, 1.807) is 0 Å². The first kappa shape index (κ1) is 45.6. The maximum Gasteiger partial charge on any atom is 2.00 e. The fraction of sp³-hybridized carbons (Fsp3) is 0.525. The van der Waals surface area contributed by atoms with Gasteiger partial charge in [-0.1, -0.05) is 113 Å². The van der Waals surface area contributed by atoms with Gasteiger partial charge < -0.3 is 30.0 Å². The van der Waals surface area contributed by atoms with Gasteiger partial charge in [0, 0.05) is 48.9 Å². The number of carboxylic acid groups (broad SMARTS) is 2. The Kier molecular flexibility index (Phi) is 16.7. The van der Waals surface area contributed by atoms with Gasteiger partial charge in [0.1, 0.15) is 11.5 Å². The molecule has 49 heavy (non-hydrogen) atoms. The van der Waals surface area contributed by atoms with Crippen molar-refractivity contribution in [2.24, 2.45) is 0 Å². The third-order valence-electron chi connectivity index (χ3n) is 7.63. The molecule has 0 saturated heterocycles. The van der Waals surface area contributed by atoms with Crippen LogP contribution in [0, 0.1) is 0 Å². The van der Waals surface area contributed by atoms with Gasteiger partial charge in [-0.2, -0.15) is 0 Å². The molecule has 9 heteroatoms. The molecule has 8 nitrogen and oxygen atoms in total.